The summed E-state index contributed by atoms with van der Waals surface area (Å²) in [6.07, 6.45) is 9.04. The summed E-state index contributed by atoms with van der Waals surface area (Å²) in [6.45, 7) is 6.00. The van der Waals surface area contributed by atoms with Crippen molar-refractivity contribution in [1.82, 2.24) is 0 Å². The lowest BCUT2D eigenvalue weighted by atomic mass is 9.46. The van der Waals surface area contributed by atoms with Crippen molar-refractivity contribution in [3.8, 4) is 0 Å². The second kappa shape index (κ2) is 8.22. The Morgan fingerprint density at radius 2 is 2.00 bits per heavy atom. The number of carbonyl (C=O) groups is 3. The zero-order chi connectivity index (χ0) is 25.4. The van der Waals surface area contributed by atoms with E-state index in [0.717, 1.165) is 18.4 Å². The largest absolute Gasteiger partial charge is 0.457 e. The smallest absolute Gasteiger partial charge is 0.375 e. The van der Waals surface area contributed by atoms with Crippen LogP contribution in [0, 0.1) is 28.6 Å². The number of esters is 1. The van der Waals surface area contributed by atoms with Gasteiger partial charge >= 0.3 is 5.97 Å². The van der Waals surface area contributed by atoms with Crippen LogP contribution in [0.4, 0.5) is 0 Å². The van der Waals surface area contributed by atoms with Crippen molar-refractivity contribution < 1.29 is 23.5 Å². The van der Waals surface area contributed by atoms with Gasteiger partial charge in [-0.3, -0.25) is 9.59 Å². The van der Waals surface area contributed by atoms with Crippen LogP contribution in [0.25, 0.3) is 0 Å². The van der Waals surface area contributed by atoms with E-state index >= 15 is 0 Å². The van der Waals surface area contributed by atoms with Gasteiger partial charge in [-0.2, -0.15) is 0 Å². The Labute approximate surface area is 220 Å². The van der Waals surface area contributed by atoms with E-state index in [-0.39, 0.29) is 41.0 Å². The molecule has 0 N–H and O–H groups in total. The zero-order valence-corrected chi connectivity index (χ0v) is 22.3. The highest BCUT2D eigenvalue weighted by Crippen LogP contribution is 2.73. The van der Waals surface area contributed by atoms with Gasteiger partial charge in [0.2, 0.25) is 5.76 Å². The van der Waals surface area contributed by atoms with Crippen molar-refractivity contribution in [2.45, 2.75) is 62.3 Å². The zero-order valence-electron chi connectivity index (χ0n) is 20.0. The molecule has 0 bridgehead atoms. The van der Waals surface area contributed by atoms with Crippen LogP contribution in [-0.4, -0.2) is 39.3 Å². The molecule has 0 amide bonds. The molecule has 4 aliphatic rings. The first-order valence-corrected chi connectivity index (χ1v) is 13.4. The predicted octanol–water partition coefficient (Wildman–Crippen LogP) is 6.12. The van der Waals surface area contributed by atoms with E-state index in [1.807, 2.05) is 19.9 Å². The van der Waals surface area contributed by atoms with Gasteiger partial charge in [-0.1, -0.05) is 32.4 Å². The summed E-state index contributed by atoms with van der Waals surface area (Å²) < 4.78 is 11.4. The third-order valence-corrected chi connectivity index (χ3v) is 11.4. The number of hydrogen-bond acceptors (Lipinski definition) is 5. The molecule has 3 saturated carbocycles. The van der Waals surface area contributed by atoms with Crippen LogP contribution < -0.4 is 0 Å². The Balaban J connectivity index is 1.61. The van der Waals surface area contributed by atoms with Gasteiger partial charge in [0, 0.05) is 16.7 Å². The number of alkyl halides is 3. The molecule has 0 spiro atoms. The van der Waals surface area contributed by atoms with Crippen LogP contribution in [-0.2, 0) is 14.3 Å². The molecule has 0 aliphatic heterocycles. The lowest BCUT2D eigenvalue weighted by molar-refractivity contribution is -0.164. The lowest BCUT2D eigenvalue weighted by Gasteiger charge is -2.64. The van der Waals surface area contributed by atoms with Crippen molar-refractivity contribution in [3.05, 3.63) is 48.0 Å². The van der Waals surface area contributed by atoms with E-state index in [1.165, 1.54) is 12.3 Å². The highest BCUT2D eigenvalue weighted by atomic mass is 35.5. The Morgan fingerprint density at radius 1 is 1.26 bits per heavy atom. The number of rotatable bonds is 4. The lowest BCUT2D eigenvalue weighted by Crippen LogP contribution is -2.68. The number of halogens is 3. The maximum atomic E-state index is 13.6. The van der Waals surface area contributed by atoms with E-state index in [4.69, 9.17) is 44.0 Å². The van der Waals surface area contributed by atoms with Crippen LogP contribution in [0.15, 0.2) is 46.6 Å². The molecule has 5 nitrogen and oxygen atoms in total. The van der Waals surface area contributed by atoms with Crippen LogP contribution in [0.5, 0.6) is 0 Å². The number of hydrogen-bond donors (Lipinski definition) is 0. The average Bonchev–Trinajstić information content (AvgIpc) is 3.42. The molecular formula is C27H29Cl3O5. The van der Waals surface area contributed by atoms with Crippen LogP contribution in [0.1, 0.15) is 57.0 Å². The van der Waals surface area contributed by atoms with Gasteiger partial charge in [0.1, 0.15) is 0 Å². The standard InChI is InChI=1S/C27H29Cl3O5/c1-15-11-19-18-7-6-16-12-17(31)8-9-24(16,2)26(18,30)21(29)13-25(19,3)27(15,22(32)14-28)35-23(33)20-5-4-10-34-20/h4-5,8-10,12,15,18-19,21H,6-7,11,13-14H2,1-3H3/t15-,18?,19?,21?,24-,25-,26-,27-/m0/s1. The van der Waals surface area contributed by atoms with E-state index < -0.39 is 32.7 Å². The second-order valence-corrected chi connectivity index (χ2v) is 12.4. The number of carbonyl (C=O) groups excluding carboxylic acids is 3. The monoisotopic (exact) mass is 538 g/mol. The molecule has 1 aromatic heterocycles. The first-order valence-electron chi connectivity index (χ1n) is 12.1. The first-order chi connectivity index (χ1) is 16.5. The molecule has 3 unspecified atom stereocenters. The van der Waals surface area contributed by atoms with E-state index in [0.29, 0.717) is 12.8 Å². The van der Waals surface area contributed by atoms with Crippen LogP contribution >= 0.6 is 34.8 Å². The van der Waals surface area contributed by atoms with E-state index in [9.17, 15) is 14.4 Å². The second-order valence-electron chi connectivity index (χ2n) is 11.0. The van der Waals surface area contributed by atoms with Crippen LogP contribution in [0.2, 0.25) is 0 Å². The SMILES string of the molecule is C[C@H]1CC2C3CCC4=CC(=O)C=C[C@]4(C)[C@@]3(Cl)C(Cl)C[C@]2(C)[C@@]1(OC(=O)c1ccco1)C(=O)CCl. The number of allylic oxidation sites excluding steroid dienone is 4. The van der Waals surface area contributed by atoms with Crippen molar-refractivity contribution in [1.29, 1.82) is 0 Å². The quantitative estimate of drug-likeness (QED) is 0.341. The fourth-order valence-corrected chi connectivity index (χ4v) is 9.45. The molecule has 1 aromatic rings. The topological polar surface area (TPSA) is 73.6 Å². The Bertz CT molecular complexity index is 1140. The Kier molecular flexibility index (Phi) is 5.90. The molecule has 3 fully saturated rings. The van der Waals surface area contributed by atoms with Crippen molar-refractivity contribution >= 4 is 52.3 Å². The molecule has 8 atom stereocenters. The molecule has 1 heterocycles. The minimum absolute atomic E-state index is 0.0333. The van der Waals surface area contributed by atoms with Gasteiger partial charge in [0.05, 0.1) is 22.4 Å². The third kappa shape index (κ3) is 3.10. The number of Topliss-reactive ketones (excluding diaryl/α,β-unsaturated/α-hetero) is 1. The van der Waals surface area contributed by atoms with E-state index in [1.54, 1.807) is 18.2 Å². The van der Waals surface area contributed by atoms with Gasteiger partial charge < -0.3 is 9.15 Å². The molecular weight excluding hydrogens is 511 g/mol. The maximum absolute atomic E-state index is 13.6. The van der Waals surface area contributed by atoms with Crippen molar-refractivity contribution in [2.24, 2.45) is 28.6 Å². The fourth-order valence-electron chi connectivity index (χ4n) is 8.02. The van der Waals surface area contributed by atoms with Crippen LogP contribution in [0.3, 0.4) is 0 Å². The average molecular weight is 540 g/mol. The number of ether oxygens (including phenoxy) is 1. The van der Waals surface area contributed by atoms with Crippen molar-refractivity contribution in [3.63, 3.8) is 0 Å². The number of fused-ring (bicyclic) bond motifs is 5. The molecule has 8 heteroatoms. The first kappa shape index (κ1) is 25.1. The Hall–Kier alpha value is -1.56. The van der Waals surface area contributed by atoms with E-state index in [2.05, 4.69) is 6.92 Å². The molecule has 0 saturated heterocycles. The maximum Gasteiger partial charge on any atom is 0.375 e. The molecule has 188 valence electrons. The third-order valence-electron chi connectivity index (χ3n) is 9.65. The normalized spacial score (nSPS) is 44.2. The van der Waals surface area contributed by atoms with Gasteiger partial charge in [-0.15, -0.1) is 34.8 Å². The summed E-state index contributed by atoms with van der Waals surface area (Å²) in [7, 11) is 0. The summed E-state index contributed by atoms with van der Waals surface area (Å²) in [5.41, 5.74) is -1.81. The summed E-state index contributed by atoms with van der Waals surface area (Å²) in [5.74, 6) is -1.68. The number of ketones is 2. The van der Waals surface area contributed by atoms with Gasteiger partial charge in [-0.05, 0) is 61.8 Å². The summed E-state index contributed by atoms with van der Waals surface area (Å²) in [6, 6.07) is 3.12. The fraction of sp³-hybridized carbons (Fsp3) is 0.593. The molecule has 0 radical (unpaired) electrons. The van der Waals surface area contributed by atoms with Gasteiger partial charge in [0.15, 0.2) is 17.2 Å². The van der Waals surface area contributed by atoms with Gasteiger partial charge in [0.25, 0.3) is 0 Å². The molecule has 35 heavy (non-hydrogen) atoms. The molecule has 0 aromatic carbocycles. The summed E-state index contributed by atoms with van der Waals surface area (Å²) in [5, 5.41) is -0.544. The highest BCUT2D eigenvalue weighted by molar-refractivity contribution is 6.34. The minimum Gasteiger partial charge on any atom is -0.457 e. The highest BCUT2D eigenvalue weighted by Gasteiger charge is 2.76. The number of furan rings is 1. The van der Waals surface area contributed by atoms with Gasteiger partial charge in [-0.25, -0.2) is 4.79 Å². The summed E-state index contributed by atoms with van der Waals surface area (Å²) in [4.78, 5) is 38.0. The predicted molar refractivity (Wildman–Crippen MR) is 134 cm³/mol. The summed E-state index contributed by atoms with van der Waals surface area (Å²) >= 11 is 20.9. The van der Waals surface area contributed by atoms with Crippen molar-refractivity contribution in [2.75, 3.05) is 5.88 Å². The minimum atomic E-state index is -1.45. The Morgan fingerprint density at radius 3 is 2.66 bits per heavy atom. The molecule has 5 rings (SSSR count). The molecule has 4 aliphatic carbocycles.